The van der Waals surface area contributed by atoms with Crippen molar-refractivity contribution in [2.45, 2.75) is 90.9 Å². The summed E-state index contributed by atoms with van der Waals surface area (Å²) in [6.45, 7) is 5.27. The molecule has 2 fully saturated rings. The highest BCUT2D eigenvalue weighted by atomic mass is 16.7. The maximum Gasteiger partial charge on any atom is 0.508 e. The summed E-state index contributed by atoms with van der Waals surface area (Å²) < 4.78 is 10.4. The largest absolute Gasteiger partial charge is 0.508 e. The highest BCUT2D eigenvalue weighted by molar-refractivity contribution is 5.59. The van der Waals surface area contributed by atoms with Gasteiger partial charge in [0.1, 0.15) is 0 Å². The second kappa shape index (κ2) is 12.2. The van der Waals surface area contributed by atoms with Gasteiger partial charge in [0.05, 0.1) is 13.2 Å². The van der Waals surface area contributed by atoms with Crippen LogP contribution in [0.5, 0.6) is 0 Å². The fourth-order valence-electron chi connectivity index (χ4n) is 4.35. The van der Waals surface area contributed by atoms with Crippen molar-refractivity contribution in [3.05, 3.63) is 23.3 Å². The van der Waals surface area contributed by atoms with E-state index in [0.717, 1.165) is 24.7 Å². The van der Waals surface area contributed by atoms with Gasteiger partial charge in [-0.15, -0.1) is 0 Å². The maximum absolute atomic E-state index is 11.6. The summed E-state index contributed by atoms with van der Waals surface area (Å²) in [5, 5.41) is 0. The van der Waals surface area contributed by atoms with Crippen molar-refractivity contribution < 1.29 is 14.3 Å². The first-order valence-corrected chi connectivity index (χ1v) is 10.8. The van der Waals surface area contributed by atoms with E-state index >= 15 is 0 Å². The lowest BCUT2D eigenvalue weighted by atomic mass is 9.84. The van der Waals surface area contributed by atoms with Crippen LogP contribution in [0, 0.1) is 11.8 Å². The molecule has 0 aromatic carbocycles. The van der Waals surface area contributed by atoms with E-state index in [9.17, 15) is 4.79 Å². The molecule has 2 aliphatic carbocycles. The first kappa shape index (κ1) is 21.1. The number of hydrogen-bond donors (Lipinski definition) is 0. The van der Waals surface area contributed by atoms with Crippen LogP contribution in [0.2, 0.25) is 0 Å². The molecule has 26 heavy (non-hydrogen) atoms. The highest BCUT2D eigenvalue weighted by Gasteiger charge is 2.15. The Morgan fingerprint density at radius 1 is 0.731 bits per heavy atom. The van der Waals surface area contributed by atoms with Crippen LogP contribution < -0.4 is 0 Å². The molecule has 0 aliphatic heterocycles. The number of rotatable bonds is 8. The second-order valence-corrected chi connectivity index (χ2v) is 8.09. The summed E-state index contributed by atoms with van der Waals surface area (Å²) >= 11 is 0. The zero-order valence-electron chi connectivity index (χ0n) is 16.9. The van der Waals surface area contributed by atoms with Gasteiger partial charge < -0.3 is 9.47 Å². The van der Waals surface area contributed by atoms with Crippen LogP contribution in [0.3, 0.4) is 0 Å². The summed E-state index contributed by atoms with van der Waals surface area (Å²) in [7, 11) is 0. The summed E-state index contributed by atoms with van der Waals surface area (Å²) in [5.41, 5.74) is 2.93. The Morgan fingerprint density at radius 3 is 1.50 bits per heavy atom. The molecule has 0 saturated heterocycles. The van der Waals surface area contributed by atoms with Gasteiger partial charge in [-0.1, -0.05) is 61.8 Å². The lowest BCUT2D eigenvalue weighted by molar-refractivity contribution is 0.0576. The molecule has 0 N–H and O–H groups in total. The molecule has 0 spiro atoms. The topological polar surface area (TPSA) is 35.5 Å². The third-order valence-electron chi connectivity index (χ3n) is 6.11. The monoisotopic (exact) mass is 362 g/mol. The van der Waals surface area contributed by atoms with Crippen molar-refractivity contribution in [2.75, 3.05) is 13.2 Å². The van der Waals surface area contributed by atoms with Gasteiger partial charge in [-0.2, -0.15) is 0 Å². The van der Waals surface area contributed by atoms with E-state index in [2.05, 4.69) is 26.0 Å². The Bertz CT molecular complexity index is 424. The molecule has 3 heteroatoms. The van der Waals surface area contributed by atoms with Crippen LogP contribution in [0.25, 0.3) is 0 Å². The van der Waals surface area contributed by atoms with Gasteiger partial charge in [0.2, 0.25) is 0 Å². The van der Waals surface area contributed by atoms with Crippen LogP contribution in [0.1, 0.15) is 90.9 Å². The van der Waals surface area contributed by atoms with Gasteiger partial charge >= 0.3 is 6.16 Å². The molecule has 0 bridgehead atoms. The van der Waals surface area contributed by atoms with Gasteiger partial charge in [-0.05, 0) is 64.2 Å². The van der Waals surface area contributed by atoms with Gasteiger partial charge in [0.15, 0.2) is 0 Å². The van der Waals surface area contributed by atoms with E-state index in [-0.39, 0.29) is 0 Å². The molecule has 0 heterocycles. The zero-order valence-corrected chi connectivity index (χ0v) is 16.9. The average molecular weight is 363 g/mol. The van der Waals surface area contributed by atoms with E-state index in [0.29, 0.717) is 13.2 Å². The molecule has 0 radical (unpaired) electrons. The summed E-state index contributed by atoms with van der Waals surface area (Å²) in [6.07, 6.45) is 19.0. The van der Waals surface area contributed by atoms with E-state index in [1.54, 1.807) is 0 Å². The lowest BCUT2D eigenvalue weighted by Gasteiger charge is -2.22. The molecule has 2 aliphatic rings. The van der Waals surface area contributed by atoms with E-state index in [4.69, 9.17) is 9.47 Å². The van der Waals surface area contributed by atoms with Crippen LogP contribution in [0.15, 0.2) is 23.3 Å². The summed E-state index contributed by atoms with van der Waals surface area (Å²) in [6, 6.07) is 0. The number of carbonyl (C=O) groups excluding carboxylic acids is 1. The second-order valence-electron chi connectivity index (χ2n) is 8.09. The normalized spacial score (nSPS) is 20.8. The fraction of sp³-hybridized carbons (Fsp3) is 0.783. The molecule has 2 rings (SSSR count). The average Bonchev–Trinajstić information content (AvgIpc) is 2.69. The van der Waals surface area contributed by atoms with Crippen molar-refractivity contribution in [2.24, 2.45) is 11.8 Å². The molecular weight excluding hydrogens is 324 g/mol. The third-order valence-corrected chi connectivity index (χ3v) is 6.11. The van der Waals surface area contributed by atoms with E-state index in [1.165, 1.54) is 75.4 Å². The van der Waals surface area contributed by atoms with E-state index in [1.807, 2.05) is 0 Å². The molecular formula is C23H38O3. The molecule has 2 saturated carbocycles. The Kier molecular flexibility index (Phi) is 9.87. The standard InChI is InChI=1S/C23H38O3/c1-19(21-13-5-3-6-14-21)11-9-17-25-23(24)26-18-10-12-20(2)22-15-7-4-8-16-22/h11-12,21-22H,3-10,13-18H2,1-2H3/b19-11+,20-12+. The Balaban J connectivity index is 1.53. The van der Waals surface area contributed by atoms with Gasteiger partial charge in [0.25, 0.3) is 0 Å². The summed E-state index contributed by atoms with van der Waals surface area (Å²) in [4.78, 5) is 11.6. The SMILES string of the molecule is C/C(=C\CCOC(=O)OCC/C=C(\C)C1CCCCC1)C1CCCCC1. The maximum atomic E-state index is 11.6. The van der Waals surface area contributed by atoms with Crippen LogP contribution in [-0.4, -0.2) is 19.4 Å². The number of hydrogen-bond acceptors (Lipinski definition) is 3. The predicted octanol–water partition coefficient (Wildman–Crippen LogP) is 6.97. The minimum atomic E-state index is -0.530. The Morgan fingerprint density at radius 2 is 1.12 bits per heavy atom. The fourth-order valence-corrected chi connectivity index (χ4v) is 4.35. The number of allylic oxidation sites excluding steroid dienone is 2. The number of carbonyl (C=O) groups is 1. The van der Waals surface area contributed by atoms with Gasteiger partial charge in [-0.3, -0.25) is 0 Å². The molecule has 0 aromatic rings. The van der Waals surface area contributed by atoms with Gasteiger partial charge in [-0.25, -0.2) is 4.79 Å². The molecule has 0 atom stereocenters. The van der Waals surface area contributed by atoms with Crippen LogP contribution >= 0.6 is 0 Å². The van der Waals surface area contributed by atoms with Gasteiger partial charge in [0, 0.05) is 0 Å². The number of ether oxygens (including phenoxy) is 2. The van der Waals surface area contributed by atoms with Crippen LogP contribution in [0.4, 0.5) is 4.79 Å². The van der Waals surface area contributed by atoms with Crippen molar-refractivity contribution in [1.29, 1.82) is 0 Å². The smallest absolute Gasteiger partial charge is 0.434 e. The Labute approximate surface area is 160 Å². The van der Waals surface area contributed by atoms with E-state index < -0.39 is 6.16 Å². The minimum absolute atomic E-state index is 0.417. The van der Waals surface area contributed by atoms with Crippen LogP contribution in [-0.2, 0) is 9.47 Å². The van der Waals surface area contributed by atoms with Crippen molar-refractivity contribution in [3.8, 4) is 0 Å². The highest BCUT2D eigenvalue weighted by Crippen LogP contribution is 2.30. The minimum Gasteiger partial charge on any atom is -0.434 e. The first-order valence-electron chi connectivity index (χ1n) is 10.8. The van der Waals surface area contributed by atoms with Crippen molar-refractivity contribution in [1.82, 2.24) is 0 Å². The lowest BCUT2D eigenvalue weighted by Crippen LogP contribution is -2.10. The zero-order chi connectivity index (χ0) is 18.6. The quantitative estimate of drug-likeness (QED) is 0.265. The Hall–Kier alpha value is -1.25. The molecule has 0 aromatic heterocycles. The molecule has 0 unspecified atom stereocenters. The molecule has 0 amide bonds. The molecule has 3 nitrogen and oxygen atoms in total. The molecule has 148 valence electrons. The first-order chi connectivity index (χ1) is 12.7. The van der Waals surface area contributed by atoms with Crippen molar-refractivity contribution in [3.63, 3.8) is 0 Å². The third kappa shape index (κ3) is 7.97. The van der Waals surface area contributed by atoms with Crippen molar-refractivity contribution >= 4 is 6.16 Å². The summed E-state index contributed by atoms with van der Waals surface area (Å²) in [5.74, 6) is 1.49. The predicted molar refractivity (Wildman–Crippen MR) is 107 cm³/mol.